The van der Waals surface area contributed by atoms with E-state index in [1.807, 2.05) is 0 Å². The first-order valence-corrected chi connectivity index (χ1v) is 7.18. The van der Waals surface area contributed by atoms with Crippen molar-refractivity contribution in [1.82, 2.24) is 14.8 Å². The highest BCUT2D eigenvalue weighted by molar-refractivity contribution is 6.33. The van der Waals surface area contributed by atoms with Gasteiger partial charge in [0.2, 0.25) is 0 Å². The molecule has 0 unspecified atom stereocenters. The standard InChI is InChI=1S/C15H8ClF3N4O2/c16-12-6-5-9(23(24)25)7-10(12)14-20-8-21-22(14)13-4-2-1-3-11(13)15(17,18)19/h1-8H. The molecule has 0 saturated carbocycles. The molecule has 0 amide bonds. The van der Waals surface area contributed by atoms with E-state index >= 15 is 0 Å². The van der Waals surface area contributed by atoms with Crippen LogP contribution in [0.1, 0.15) is 5.56 Å². The topological polar surface area (TPSA) is 73.8 Å². The molecule has 128 valence electrons. The van der Waals surface area contributed by atoms with Crippen LogP contribution in [0.2, 0.25) is 5.02 Å². The number of hydrogen-bond donors (Lipinski definition) is 0. The van der Waals surface area contributed by atoms with Crippen LogP contribution in [0.25, 0.3) is 17.1 Å². The number of non-ortho nitro benzene ring substituents is 1. The molecule has 0 spiro atoms. The van der Waals surface area contributed by atoms with E-state index in [2.05, 4.69) is 10.1 Å². The number of nitro groups is 1. The number of rotatable bonds is 3. The van der Waals surface area contributed by atoms with Gasteiger partial charge in [-0.1, -0.05) is 23.7 Å². The van der Waals surface area contributed by atoms with Crippen molar-refractivity contribution < 1.29 is 18.1 Å². The molecule has 1 aromatic heterocycles. The lowest BCUT2D eigenvalue weighted by molar-refractivity contribution is -0.384. The van der Waals surface area contributed by atoms with Crippen molar-refractivity contribution in [2.45, 2.75) is 6.18 Å². The monoisotopic (exact) mass is 368 g/mol. The summed E-state index contributed by atoms with van der Waals surface area (Å²) in [6, 6.07) is 8.43. The van der Waals surface area contributed by atoms with Gasteiger partial charge in [0.15, 0.2) is 5.82 Å². The Balaban J connectivity index is 2.22. The normalized spacial score (nSPS) is 11.5. The van der Waals surface area contributed by atoms with Crippen LogP contribution in [0.15, 0.2) is 48.8 Å². The molecule has 0 radical (unpaired) electrons. The van der Waals surface area contributed by atoms with Crippen molar-refractivity contribution in [2.75, 3.05) is 0 Å². The van der Waals surface area contributed by atoms with Gasteiger partial charge in [-0.3, -0.25) is 10.1 Å². The predicted octanol–water partition coefficient (Wildman–Crippen LogP) is 4.51. The Morgan fingerprint density at radius 2 is 1.88 bits per heavy atom. The van der Waals surface area contributed by atoms with E-state index in [1.165, 1.54) is 30.3 Å². The van der Waals surface area contributed by atoms with Crippen LogP contribution < -0.4 is 0 Å². The maximum absolute atomic E-state index is 13.2. The highest BCUT2D eigenvalue weighted by Gasteiger charge is 2.34. The molecule has 0 fully saturated rings. The molecule has 2 aromatic carbocycles. The van der Waals surface area contributed by atoms with Crippen LogP contribution in [0, 0.1) is 10.1 Å². The third-order valence-corrected chi connectivity index (χ3v) is 3.72. The lowest BCUT2D eigenvalue weighted by Crippen LogP contribution is -2.12. The minimum absolute atomic E-state index is 0.0367. The first-order chi connectivity index (χ1) is 11.8. The molecule has 1 heterocycles. The van der Waals surface area contributed by atoms with Gasteiger partial charge in [0.25, 0.3) is 5.69 Å². The number of benzene rings is 2. The molecule has 0 saturated heterocycles. The van der Waals surface area contributed by atoms with Gasteiger partial charge in [0.05, 0.1) is 21.2 Å². The average Bonchev–Trinajstić information content (AvgIpc) is 3.03. The third-order valence-electron chi connectivity index (χ3n) is 3.39. The van der Waals surface area contributed by atoms with E-state index in [1.54, 1.807) is 0 Å². The lowest BCUT2D eigenvalue weighted by Gasteiger charge is -2.14. The van der Waals surface area contributed by atoms with Crippen molar-refractivity contribution in [3.05, 3.63) is 69.5 Å². The van der Waals surface area contributed by atoms with E-state index in [0.29, 0.717) is 0 Å². The summed E-state index contributed by atoms with van der Waals surface area (Å²) in [5.41, 5.74) is -1.34. The van der Waals surface area contributed by atoms with E-state index in [4.69, 9.17) is 11.6 Å². The number of nitrogens with zero attached hydrogens (tertiary/aromatic N) is 4. The first-order valence-electron chi connectivity index (χ1n) is 6.80. The molecule has 0 aliphatic rings. The highest BCUT2D eigenvalue weighted by Crippen LogP contribution is 2.36. The van der Waals surface area contributed by atoms with Gasteiger partial charge >= 0.3 is 6.18 Å². The Hall–Kier alpha value is -2.94. The van der Waals surface area contributed by atoms with Crippen LogP contribution in [-0.2, 0) is 6.18 Å². The van der Waals surface area contributed by atoms with Gasteiger partial charge in [0, 0.05) is 17.7 Å². The van der Waals surface area contributed by atoms with Crippen molar-refractivity contribution in [2.24, 2.45) is 0 Å². The Bertz CT molecular complexity index is 956. The summed E-state index contributed by atoms with van der Waals surface area (Å²) in [7, 11) is 0. The lowest BCUT2D eigenvalue weighted by atomic mass is 10.1. The summed E-state index contributed by atoms with van der Waals surface area (Å²) in [6.45, 7) is 0. The number of para-hydroxylation sites is 1. The van der Waals surface area contributed by atoms with Gasteiger partial charge in [-0.05, 0) is 18.2 Å². The number of aromatic nitrogens is 3. The van der Waals surface area contributed by atoms with Gasteiger partial charge in [-0.25, -0.2) is 9.67 Å². The quantitative estimate of drug-likeness (QED) is 0.503. The SMILES string of the molecule is O=[N+]([O-])c1ccc(Cl)c(-c2ncnn2-c2ccccc2C(F)(F)F)c1. The van der Waals surface area contributed by atoms with Gasteiger partial charge < -0.3 is 0 Å². The van der Waals surface area contributed by atoms with Crippen molar-refractivity contribution >= 4 is 17.3 Å². The minimum atomic E-state index is -4.60. The van der Waals surface area contributed by atoms with Crippen molar-refractivity contribution in [3.8, 4) is 17.1 Å². The fourth-order valence-electron chi connectivity index (χ4n) is 2.30. The summed E-state index contributed by atoms with van der Waals surface area (Å²) in [5.74, 6) is -0.0367. The second-order valence-corrected chi connectivity index (χ2v) is 5.34. The van der Waals surface area contributed by atoms with Crippen LogP contribution >= 0.6 is 11.6 Å². The van der Waals surface area contributed by atoms with Crippen LogP contribution in [-0.4, -0.2) is 19.7 Å². The molecule has 0 aliphatic carbocycles. The van der Waals surface area contributed by atoms with Crippen molar-refractivity contribution in [3.63, 3.8) is 0 Å². The molecule has 3 aromatic rings. The first kappa shape index (κ1) is 16.9. The van der Waals surface area contributed by atoms with E-state index in [9.17, 15) is 23.3 Å². The van der Waals surface area contributed by atoms with E-state index < -0.39 is 16.7 Å². The second kappa shape index (κ2) is 6.17. The average molecular weight is 369 g/mol. The maximum atomic E-state index is 13.2. The molecule has 0 aliphatic heterocycles. The molecule has 0 bridgehead atoms. The van der Waals surface area contributed by atoms with E-state index in [0.717, 1.165) is 23.1 Å². The van der Waals surface area contributed by atoms with Crippen LogP contribution in [0.3, 0.4) is 0 Å². The maximum Gasteiger partial charge on any atom is 0.418 e. The summed E-state index contributed by atoms with van der Waals surface area (Å²) >= 11 is 6.06. The molecule has 0 N–H and O–H groups in total. The second-order valence-electron chi connectivity index (χ2n) is 4.93. The van der Waals surface area contributed by atoms with E-state index in [-0.39, 0.29) is 27.8 Å². The van der Waals surface area contributed by atoms with Crippen LogP contribution in [0.4, 0.5) is 18.9 Å². The number of nitro benzene ring substituents is 1. The Kier molecular flexibility index (Phi) is 4.17. The smallest absolute Gasteiger partial charge is 0.258 e. The fourth-order valence-corrected chi connectivity index (χ4v) is 2.50. The summed E-state index contributed by atoms with van der Waals surface area (Å²) in [6.07, 6.45) is -3.55. The Morgan fingerprint density at radius 1 is 1.16 bits per heavy atom. The molecule has 6 nitrogen and oxygen atoms in total. The molecule has 25 heavy (non-hydrogen) atoms. The van der Waals surface area contributed by atoms with Gasteiger partial charge in [0.1, 0.15) is 6.33 Å². The van der Waals surface area contributed by atoms with Gasteiger partial charge in [-0.15, -0.1) is 0 Å². The molecule has 10 heteroatoms. The Labute approximate surface area is 143 Å². The fraction of sp³-hybridized carbons (Fsp3) is 0.0667. The zero-order valence-electron chi connectivity index (χ0n) is 12.2. The number of alkyl halides is 3. The minimum Gasteiger partial charge on any atom is -0.258 e. The Morgan fingerprint density at radius 3 is 2.56 bits per heavy atom. The zero-order chi connectivity index (χ0) is 18.2. The summed E-state index contributed by atoms with van der Waals surface area (Å²) in [4.78, 5) is 14.2. The van der Waals surface area contributed by atoms with Gasteiger partial charge in [-0.2, -0.15) is 18.3 Å². The molecular weight excluding hydrogens is 361 g/mol. The molecule has 3 rings (SSSR count). The third kappa shape index (κ3) is 3.18. The largest absolute Gasteiger partial charge is 0.418 e. The molecule has 0 atom stereocenters. The van der Waals surface area contributed by atoms with Crippen LogP contribution in [0.5, 0.6) is 0 Å². The number of halogens is 4. The molecular formula is C15H8ClF3N4O2. The predicted molar refractivity (Wildman–Crippen MR) is 83.5 cm³/mol. The summed E-state index contributed by atoms with van der Waals surface area (Å²) in [5, 5.41) is 14.9. The summed E-state index contributed by atoms with van der Waals surface area (Å²) < 4.78 is 40.7. The highest BCUT2D eigenvalue weighted by atomic mass is 35.5. The zero-order valence-corrected chi connectivity index (χ0v) is 13.0. The number of hydrogen-bond acceptors (Lipinski definition) is 4. The van der Waals surface area contributed by atoms with Crippen molar-refractivity contribution in [1.29, 1.82) is 0 Å².